The second kappa shape index (κ2) is 13.6. The fourth-order valence-corrected chi connectivity index (χ4v) is 15.2. The van der Waals surface area contributed by atoms with Gasteiger partial charge in [-0.3, -0.25) is 18.7 Å². The van der Waals surface area contributed by atoms with Crippen LogP contribution < -0.4 is 30.3 Å². The van der Waals surface area contributed by atoms with E-state index in [1.165, 1.54) is 0 Å². The van der Waals surface area contributed by atoms with Crippen molar-refractivity contribution in [2.24, 2.45) is 0 Å². The smallest absolute Gasteiger partial charge is 0.303 e. The van der Waals surface area contributed by atoms with Crippen molar-refractivity contribution in [1.29, 1.82) is 0 Å². The molecule has 0 spiro atoms. The molecule has 2 atom stereocenters. The highest BCUT2D eigenvalue weighted by Gasteiger charge is 2.70. The second-order valence-electron chi connectivity index (χ2n) is 13.6. The fourth-order valence-electron chi connectivity index (χ4n) is 7.38. The van der Waals surface area contributed by atoms with Crippen molar-refractivity contribution in [3.8, 4) is 33.8 Å². The molecule has 2 N–H and O–H groups in total. The first kappa shape index (κ1) is 35.8. The standard InChI is InChI=1S/C45H36N2O6P2/c1-29(2)43(48)46-33-25-21-31(22-26-33)45(32-23-27-34(28-24-32)47-44(49)30(3)4,54(50)41-19-11-7-15-37(41)35-13-5-9-17-39(35)52-54)55(51)42-20-12-8-16-38(42)36-14-6-10-18-40(36)53-55/h5-28H,1,3H2,2,4H3,(H,46,48)(H,47,49). The number of amides is 2. The Balaban J connectivity index is 1.50. The van der Waals surface area contributed by atoms with E-state index >= 15 is 9.13 Å². The van der Waals surface area contributed by atoms with Gasteiger partial charge in [-0.15, -0.1) is 0 Å². The largest absolute Gasteiger partial charge is 0.438 e. The number of fused-ring (bicyclic) bond motifs is 6. The summed E-state index contributed by atoms with van der Waals surface area (Å²) in [4.78, 5) is 23.3. The third-order valence-corrected chi connectivity index (χ3v) is 17.2. The minimum absolute atomic E-state index is 0.322. The first-order chi connectivity index (χ1) is 26.5. The van der Waals surface area contributed by atoms with Gasteiger partial charge in [0.2, 0.25) is 4.90 Å². The van der Waals surface area contributed by atoms with Crippen LogP contribution in [0.3, 0.4) is 0 Å². The van der Waals surface area contributed by atoms with Crippen LogP contribution in [0.4, 0.5) is 11.4 Å². The summed E-state index contributed by atoms with van der Waals surface area (Å²) >= 11 is 0. The van der Waals surface area contributed by atoms with Crippen LogP contribution in [-0.4, -0.2) is 11.8 Å². The Bertz CT molecular complexity index is 2480. The molecule has 0 saturated carbocycles. The SMILES string of the molecule is C=C(C)C(=O)Nc1ccc(C(c2ccc(NC(=O)C(=C)C)cc2)(P2(=O)Oc3ccccc3-c3ccccc32)P2(=O)Oc3ccccc3-c3ccccc32)cc1. The molecule has 272 valence electrons. The lowest BCUT2D eigenvalue weighted by Crippen LogP contribution is -2.42. The fraction of sp³-hybridized carbons (Fsp3) is 0.0667. The number of para-hydroxylation sites is 2. The lowest BCUT2D eigenvalue weighted by atomic mass is 10.0. The number of benzene rings is 6. The van der Waals surface area contributed by atoms with Crippen molar-refractivity contribution < 1.29 is 27.8 Å². The maximum absolute atomic E-state index is 17.1. The Morgan fingerprint density at radius 2 is 0.818 bits per heavy atom. The van der Waals surface area contributed by atoms with Crippen LogP contribution in [0.25, 0.3) is 22.3 Å². The number of carbonyl (C=O) groups is 2. The van der Waals surface area contributed by atoms with Crippen molar-refractivity contribution in [1.82, 2.24) is 0 Å². The van der Waals surface area contributed by atoms with Gasteiger partial charge in [0, 0.05) is 33.6 Å². The molecule has 2 amide bonds. The van der Waals surface area contributed by atoms with Gasteiger partial charge in [-0.05, 0) is 84.6 Å². The van der Waals surface area contributed by atoms with E-state index in [0.29, 0.717) is 66.9 Å². The average Bonchev–Trinajstić information content (AvgIpc) is 3.19. The van der Waals surface area contributed by atoms with Gasteiger partial charge in [-0.25, -0.2) is 0 Å². The Kier molecular flexibility index (Phi) is 8.84. The zero-order valence-electron chi connectivity index (χ0n) is 30.1. The summed E-state index contributed by atoms with van der Waals surface area (Å²) < 4.78 is 48.1. The lowest BCUT2D eigenvalue weighted by Gasteiger charge is -2.48. The number of nitrogens with one attached hydrogen (secondary N) is 2. The van der Waals surface area contributed by atoms with Crippen LogP contribution in [0.1, 0.15) is 25.0 Å². The van der Waals surface area contributed by atoms with Crippen LogP contribution in [0.2, 0.25) is 0 Å². The van der Waals surface area contributed by atoms with Gasteiger partial charge in [-0.1, -0.05) is 110 Å². The molecule has 0 bridgehead atoms. The van der Waals surface area contributed by atoms with Crippen molar-refractivity contribution in [2.45, 2.75) is 18.7 Å². The Morgan fingerprint density at radius 1 is 0.491 bits per heavy atom. The number of carbonyl (C=O) groups excluding carboxylic acids is 2. The molecule has 10 heteroatoms. The van der Waals surface area contributed by atoms with Crippen LogP contribution in [0.5, 0.6) is 11.5 Å². The Morgan fingerprint density at radius 3 is 1.18 bits per heavy atom. The first-order valence-corrected chi connectivity index (χ1v) is 20.8. The third-order valence-electron chi connectivity index (χ3n) is 9.97. The van der Waals surface area contributed by atoms with E-state index in [1.807, 2.05) is 60.7 Å². The molecule has 0 saturated heterocycles. The van der Waals surface area contributed by atoms with E-state index in [1.54, 1.807) is 98.8 Å². The highest BCUT2D eigenvalue weighted by Crippen LogP contribution is 2.84. The van der Waals surface area contributed by atoms with Gasteiger partial charge in [0.1, 0.15) is 11.5 Å². The van der Waals surface area contributed by atoms with E-state index in [-0.39, 0.29) is 11.8 Å². The molecule has 0 aromatic heterocycles. The van der Waals surface area contributed by atoms with Gasteiger partial charge < -0.3 is 19.7 Å². The molecular weight excluding hydrogens is 726 g/mol. The van der Waals surface area contributed by atoms with Gasteiger partial charge in [0.25, 0.3) is 11.8 Å². The maximum Gasteiger partial charge on any atom is 0.303 e. The molecule has 55 heavy (non-hydrogen) atoms. The summed E-state index contributed by atoms with van der Waals surface area (Å²) in [6.07, 6.45) is 0. The van der Waals surface area contributed by atoms with Gasteiger partial charge in [-0.2, -0.15) is 0 Å². The van der Waals surface area contributed by atoms with Crippen LogP contribution in [0.15, 0.2) is 170 Å². The number of hydrogen-bond donors (Lipinski definition) is 2. The topological polar surface area (TPSA) is 111 Å². The van der Waals surface area contributed by atoms with E-state index in [0.717, 1.165) is 11.1 Å². The average molecular weight is 763 g/mol. The molecule has 2 heterocycles. The van der Waals surface area contributed by atoms with Crippen molar-refractivity contribution >= 4 is 48.5 Å². The minimum Gasteiger partial charge on any atom is -0.438 e. The Labute approximate surface area is 319 Å². The number of anilines is 2. The molecule has 2 aliphatic rings. The number of hydrogen-bond acceptors (Lipinski definition) is 6. The highest BCUT2D eigenvalue weighted by atomic mass is 31.2. The van der Waals surface area contributed by atoms with E-state index in [9.17, 15) is 9.59 Å². The summed E-state index contributed by atoms with van der Waals surface area (Å²) in [6.45, 7) is 10.7. The molecule has 0 fully saturated rings. The third kappa shape index (κ3) is 5.60. The monoisotopic (exact) mass is 762 g/mol. The molecule has 0 radical (unpaired) electrons. The maximum atomic E-state index is 17.1. The molecule has 2 aliphatic heterocycles. The number of rotatable bonds is 8. The second-order valence-corrected chi connectivity index (χ2v) is 18.8. The van der Waals surface area contributed by atoms with Gasteiger partial charge in [0.05, 0.1) is 10.6 Å². The Hall–Kier alpha value is -6.20. The molecule has 6 aromatic carbocycles. The summed E-state index contributed by atoms with van der Waals surface area (Å²) in [5.41, 5.74) is 5.08. The molecule has 0 aliphatic carbocycles. The molecular formula is C45H36N2O6P2. The van der Waals surface area contributed by atoms with Crippen molar-refractivity contribution in [3.63, 3.8) is 0 Å². The lowest BCUT2D eigenvalue weighted by molar-refractivity contribution is -0.113. The van der Waals surface area contributed by atoms with Crippen molar-refractivity contribution in [2.75, 3.05) is 10.6 Å². The highest BCUT2D eigenvalue weighted by molar-refractivity contribution is 7.86. The molecule has 6 aromatic rings. The molecule has 2 unspecified atom stereocenters. The van der Waals surface area contributed by atoms with E-state index in [2.05, 4.69) is 23.8 Å². The quantitative estimate of drug-likeness (QED) is 0.118. The summed E-state index contributed by atoms with van der Waals surface area (Å²) in [5, 5.41) is 6.42. The van der Waals surface area contributed by atoms with Gasteiger partial charge >= 0.3 is 14.7 Å². The molecule has 8 rings (SSSR count). The summed E-state index contributed by atoms with van der Waals surface area (Å²) in [5.74, 6) is -0.00707. The van der Waals surface area contributed by atoms with E-state index in [4.69, 9.17) is 9.05 Å². The normalized spacial score (nSPS) is 17.8. The summed E-state index contributed by atoms with van der Waals surface area (Å²) in [7, 11) is -9.06. The predicted octanol–water partition coefficient (Wildman–Crippen LogP) is 10.2. The summed E-state index contributed by atoms with van der Waals surface area (Å²) in [6, 6.07) is 42.9. The van der Waals surface area contributed by atoms with E-state index < -0.39 is 19.6 Å². The first-order valence-electron chi connectivity index (χ1n) is 17.6. The van der Waals surface area contributed by atoms with Gasteiger partial charge in [0.15, 0.2) is 0 Å². The predicted molar refractivity (Wildman–Crippen MR) is 220 cm³/mol. The van der Waals surface area contributed by atoms with Crippen LogP contribution >= 0.6 is 14.7 Å². The molecule has 8 nitrogen and oxygen atoms in total. The zero-order valence-corrected chi connectivity index (χ0v) is 31.9. The van der Waals surface area contributed by atoms with Crippen LogP contribution in [-0.2, 0) is 23.6 Å². The zero-order chi connectivity index (χ0) is 38.5. The van der Waals surface area contributed by atoms with Crippen molar-refractivity contribution in [3.05, 3.63) is 181 Å². The van der Waals surface area contributed by atoms with Crippen LogP contribution in [0, 0.1) is 0 Å². The minimum atomic E-state index is -4.53.